The predicted molar refractivity (Wildman–Crippen MR) is 31.3 cm³/mol. The number of ether oxygens (including phenoxy) is 2. The molecule has 1 fully saturated rings. The maximum atomic E-state index is 5.08. The van der Waals surface area contributed by atoms with Crippen LogP contribution in [0.25, 0.3) is 0 Å². The van der Waals surface area contributed by atoms with Crippen LogP contribution in [0, 0.1) is 0 Å². The topological polar surface area (TPSA) is 31.0 Å². The highest BCUT2D eigenvalue weighted by Gasteiger charge is 2.46. The van der Waals surface area contributed by atoms with E-state index in [-0.39, 0.29) is 0 Å². The molecule has 8 heavy (non-hydrogen) atoms. The second-order valence-electron chi connectivity index (χ2n) is 1.61. The Labute approximate surface area is 51.5 Å². The fourth-order valence-corrected chi connectivity index (χ4v) is 0.893. The first kappa shape index (κ1) is 6.22. The Hall–Kier alpha value is 0.0969. The maximum Gasteiger partial charge on any atom is 0.298 e. The smallest absolute Gasteiger partial charge is 0.298 e. The Morgan fingerprint density at radius 2 is 2.50 bits per heavy atom. The van der Waals surface area contributed by atoms with E-state index in [0.29, 0.717) is 23.7 Å². The van der Waals surface area contributed by atoms with Crippen LogP contribution in [-0.2, 0) is 13.9 Å². The number of hydrogen-bond acceptors (Lipinski definition) is 3. The van der Waals surface area contributed by atoms with Gasteiger partial charge >= 0.3 is 0 Å². The van der Waals surface area contributed by atoms with E-state index in [0.717, 1.165) is 0 Å². The first-order valence-electron chi connectivity index (χ1n) is 2.66. The highest BCUT2D eigenvalue weighted by Crippen LogP contribution is 2.27. The van der Waals surface area contributed by atoms with Gasteiger partial charge in [-0.05, 0) is 6.92 Å². The van der Waals surface area contributed by atoms with Crippen molar-refractivity contribution >= 4 is 10.5 Å². The van der Waals surface area contributed by atoms with Crippen LogP contribution in [0.4, 0.5) is 0 Å². The molecule has 0 aromatic carbocycles. The average Bonchev–Trinajstić information content (AvgIpc) is 2.50. The molecule has 4 heteroatoms. The SMILES string of the molecule is CCOC1(O[SiH3])CO1. The summed E-state index contributed by atoms with van der Waals surface area (Å²) in [4.78, 5) is 0. The van der Waals surface area contributed by atoms with Crippen LogP contribution in [-0.4, -0.2) is 29.7 Å². The fourth-order valence-electron chi connectivity index (χ4n) is 0.539. The normalized spacial score (nSPS) is 35.6. The molecule has 0 spiro atoms. The minimum atomic E-state index is -0.596. The molecule has 1 rings (SSSR count). The van der Waals surface area contributed by atoms with Crippen LogP contribution >= 0.6 is 0 Å². The van der Waals surface area contributed by atoms with Gasteiger partial charge in [0.05, 0.1) is 0 Å². The monoisotopic (exact) mass is 134 g/mol. The lowest BCUT2D eigenvalue weighted by atomic mass is 10.7. The van der Waals surface area contributed by atoms with Crippen LogP contribution in [0.5, 0.6) is 0 Å². The molecular weight excluding hydrogens is 124 g/mol. The fraction of sp³-hybridized carbons (Fsp3) is 1.00. The first-order chi connectivity index (χ1) is 3.83. The van der Waals surface area contributed by atoms with Crippen LogP contribution < -0.4 is 0 Å². The summed E-state index contributed by atoms with van der Waals surface area (Å²) in [5.41, 5.74) is 0. The predicted octanol–water partition coefficient (Wildman–Crippen LogP) is -0.996. The highest BCUT2D eigenvalue weighted by atomic mass is 28.2. The molecule has 0 aromatic heterocycles. The van der Waals surface area contributed by atoms with Gasteiger partial charge in [0.25, 0.3) is 5.97 Å². The zero-order valence-corrected chi connectivity index (χ0v) is 7.14. The van der Waals surface area contributed by atoms with E-state index in [1.165, 1.54) is 0 Å². The van der Waals surface area contributed by atoms with Gasteiger partial charge in [-0.2, -0.15) is 0 Å². The van der Waals surface area contributed by atoms with E-state index in [1.54, 1.807) is 0 Å². The molecule has 1 unspecified atom stereocenters. The van der Waals surface area contributed by atoms with Crippen LogP contribution in [0.2, 0.25) is 0 Å². The van der Waals surface area contributed by atoms with Gasteiger partial charge in [-0.15, -0.1) is 0 Å². The van der Waals surface area contributed by atoms with Gasteiger partial charge in [-0.1, -0.05) is 0 Å². The molecule has 3 nitrogen and oxygen atoms in total. The molecule has 1 saturated heterocycles. The van der Waals surface area contributed by atoms with E-state index >= 15 is 0 Å². The lowest BCUT2D eigenvalue weighted by Crippen LogP contribution is -2.18. The molecule has 0 radical (unpaired) electrons. The molecule has 0 aromatic rings. The van der Waals surface area contributed by atoms with Crippen molar-refractivity contribution in [3.63, 3.8) is 0 Å². The van der Waals surface area contributed by atoms with Gasteiger partial charge in [0.15, 0.2) is 10.5 Å². The average molecular weight is 134 g/mol. The Balaban J connectivity index is 2.20. The molecule has 0 amide bonds. The highest BCUT2D eigenvalue weighted by molar-refractivity contribution is 5.98. The largest absolute Gasteiger partial charge is 0.378 e. The van der Waals surface area contributed by atoms with Crippen molar-refractivity contribution in [2.24, 2.45) is 0 Å². The van der Waals surface area contributed by atoms with Gasteiger partial charge in [0, 0.05) is 6.61 Å². The Bertz CT molecular complexity index is 81.4. The maximum absolute atomic E-state index is 5.08. The van der Waals surface area contributed by atoms with E-state index in [2.05, 4.69) is 0 Å². The van der Waals surface area contributed by atoms with Crippen molar-refractivity contribution in [2.45, 2.75) is 12.9 Å². The van der Waals surface area contributed by atoms with Gasteiger partial charge in [-0.3, -0.25) is 0 Å². The van der Waals surface area contributed by atoms with Gasteiger partial charge in [-0.25, -0.2) is 0 Å². The lowest BCUT2D eigenvalue weighted by molar-refractivity contribution is -0.167. The van der Waals surface area contributed by atoms with Crippen LogP contribution in [0.1, 0.15) is 6.92 Å². The molecule has 48 valence electrons. The summed E-state index contributed by atoms with van der Waals surface area (Å²) >= 11 is 0. The van der Waals surface area contributed by atoms with Crippen molar-refractivity contribution in [3.8, 4) is 0 Å². The Kier molecular flexibility index (Phi) is 1.67. The molecule has 1 aliphatic rings. The summed E-state index contributed by atoms with van der Waals surface area (Å²) in [6.45, 7) is 3.18. The van der Waals surface area contributed by atoms with Crippen LogP contribution in [0.15, 0.2) is 0 Å². The summed E-state index contributed by atoms with van der Waals surface area (Å²) in [5.74, 6) is -0.596. The number of epoxide rings is 1. The van der Waals surface area contributed by atoms with Crippen molar-refractivity contribution in [1.29, 1.82) is 0 Å². The Morgan fingerprint density at radius 1 is 1.88 bits per heavy atom. The summed E-state index contributed by atoms with van der Waals surface area (Å²) in [7, 11) is 0.674. The molecular formula is C4H10O3Si. The Morgan fingerprint density at radius 3 is 2.62 bits per heavy atom. The minimum absolute atomic E-state index is 0.596. The molecule has 0 aliphatic carbocycles. The van der Waals surface area contributed by atoms with Crippen molar-refractivity contribution < 1.29 is 13.9 Å². The van der Waals surface area contributed by atoms with Crippen molar-refractivity contribution in [3.05, 3.63) is 0 Å². The molecule has 1 heterocycles. The third kappa shape index (κ3) is 1.08. The van der Waals surface area contributed by atoms with Gasteiger partial charge in [0.1, 0.15) is 6.61 Å². The zero-order chi connectivity index (χ0) is 6.04. The lowest BCUT2D eigenvalue weighted by Gasteiger charge is -2.07. The van der Waals surface area contributed by atoms with Crippen LogP contribution in [0.3, 0.4) is 0 Å². The molecule has 1 atom stereocenters. The van der Waals surface area contributed by atoms with E-state index in [1.807, 2.05) is 6.92 Å². The second-order valence-corrected chi connectivity index (χ2v) is 2.02. The minimum Gasteiger partial charge on any atom is -0.378 e. The third-order valence-electron chi connectivity index (χ3n) is 1.06. The summed E-state index contributed by atoms with van der Waals surface area (Å²) < 4.78 is 14.9. The number of hydrogen-bond donors (Lipinski definition) is 0. The van der Waals surface area contributed by atoms with Gasteiger partial charge < -0.3 is 13.9 Å². The van der Waals surface area contributed by atoms with Gasteiger partial charge in [0.2, 0.25) is 0 Å². The molecule has 0 bridgehead atoms. The van der Waals surface area contributed by atoms with E-state index in [4.69, 9.17) is 13.9 Å². The summed E-state index contributed by atoms with van der Waals surface area (Å²) in [6, 6.07) is 0. The standard InChI is InChI=1S/C4H10O3Si/c1-2-5-4(7-8)3-6-4/h2-3H2,1,8H3. The quantitative estimate of drug-likeness (QED) is 0.282. The first-order valence-corrected chi connectivity index (χ1v) is 3.48. The third-order valence-corrected chi connectivity index (χ3v) is 1.68. The number of rotatable bonds is 3. The molecule has 0 saturated carbocycles. The van der Waals surface area contributed by atoms with E-state index in [9.17, 15) is 0 Å². The molecule has 0 N–H and O–H groups in total. The second kappa shape index (κ2) is 2.14. The van der Waals surface area contributed by atoms with Crippen molar-refractivity contribution in [1.82, 2.24) is 0 Å². The van der Waals surface area contributed by atoms with E-state index < -0.39 is 5.97 Å². The molecule has 1 aliphatic heterocycles. The summed E-state index contributed by atoms with van der Waals surface area (Å²) in [5, 5.41) is 0. The summed E-state index contributed by atoms with van der Waals surface area (Å²) in [6.07, 6.45) is 0. The zero-order valence-electron chi connectivity index (χ0n) is 5.14. The van der Waals surface area contributed by atoms with Crippen molar-refractivity contribution in [2.75, 3.05) is 13.2 Å².